The molecule has 1 aliphatic heterocycles. The molecule has 2 aromatic rings. The molecule has 5 heteroatoms. The average molecular weight is 258 g/mol. The normalized spacial score (nSPS) is 14.4. The van der Waals surface area contributed by atoms with E-state index in [1.807, 2.05) is 24.3 Å². The highest BCUT2D eigenvalue weighted by molar-refractivity contribution is 5.45. The van der Waals surface area contributed by atoms with Crippen LogP contribution in [0.15, 0.2) is 47.4 Å². The molecule has 1 atom stereocenters. The zero-order valence-corrected chi connectivity index (χ0v) is 10.3. The van der Waals surface area contributed by atoms with Gasteiger partial charge in [0.25, 0.3) is 5.56 Å². The molecule has 98 valence electrons. The molecule has 0 saturated carbocycles. The van der Waals surface area contributed by atoms with Crippen molar-refractivity contribution in [3.05, 3.63) is 58.5 Å². The number of benzene rings is 1. The van der Waals surface area contributed by atoms with E-state index in [-0.39, 0.29) is 18.4 Å². The van der Waals surface area contributed by atoms with Gasteiger partial charge in [-0.2, -0.15) is 0 Å². The van der Waals surface area contributed by atoms with E-state index in [2.05, 4.69) is 0 Å². The van der Waals surface area contributed by atoms with Crippen LogP contribution in [-0.2, 0) is 6.54 Å². The van der Waals surface area contributed by atoms with Crippen molar-refractivity contribution < 1.29 is 9.47 Å². The first-order valence-electron chi connectivity index (χ1n) is 6.04. The molecule has 3 rings (SSSR count). The van der Waals surface area contributed by atoms with Crippen LogP contribution in [0.1, 0.15) is 11.6 Å². The van der Waals surface area contributed by atoms with Crippen molar-refractivity contribution in [2.75, 3.05) is 6.79 Å². The van der Waals surface area contributed by atoms with Crippen molar-refractivity contribution in [1.82, 2.24) is 4.57 Å². The fourth-order valence-corrected chi connectivity index (χ4v) is 2.07. The van der Waals surface area contributed by atoms with Crippen LogP contribution in [0.3, 0.4) is 0 Å². The highest BCUT2D eigenvalue weighted by Gasteiger charge is 2.16. The van der Waals surface area contributed by atoms with E-state index < -0.39 is 0 Å². The highest BCUT2D eigenvalue weighted by Crippen LogP contribution is 2.33. The summed E-state index contributed by atoms with van der Waals surface area (Å²) in [7, 11) is 0. The van der Waals surface area contributed by atoms with Gasteiger partial charge in [0.1, 0.15) is 0 Å². The van der Waals surface area contributed by atoms with Crippen molar-refractivity contribution in [2.24, 2.45) is 5.73 Å². The quantitative estimate of drug-likeness (QED) is 0.900. The van der Waals surface area contributed by atoms with E-state index in [4.69, 9.17) is 15.2 Å². The Labute approximate surface area is 110 Å². The smallest absolute Gasteiger partial charge is 0.250 e. The van der Waals surface area contributed by atoms with Crippen LogP contribution in [0, 0.1) is 0 Å². The van der Waals surface area contributed by atoms with E-state index >= 15 is 0 Å². The Morgan fingerprint density at radius 1 is 1.21 bits per heavy atom. The van der Waals surface area contributed by atoms with E-state index in [1.54, 1.807) is 16.8 Å². The van der Waals surface area contributed by atoms with Crippen molar-refractivity contribution >= 4 is 0 Å². The minimum atomic E-state index is -0.269. The predicted octanol–water partition coefficient (Wildman–Crippen LogP) is 1.28. The molecule has 2 heterocycles. The lowest BCUT2D eigenvalue weighted by molar-refractivity contribution is 0.174. The molecular weight excluding hydrogens is 244 g/mol. The van der Waals surface area contributed by atoms with Crippen LogP contribution < -0.4 is 20.8 Å². The van der Waals surface area contributed by atoms with Gasteiger partial charge in [-0.3, -0.25) is 4.79 Å². The third kappa shape index (κ3) is 2.32. The van der Waals surface area contributed by atoms with Crippen molar-refractivity contribution in [3.8, 4) is 11.5 Å². The summed E-state index contributed by atoms with van der Waals surface area (Å²) >= 11 is 0. The summed E-state index contributed by atoms with van der Waals surface area (Å²) < 4.78 is 12.2. The number of aromatic nitrogens is 1. The second-order valence-corrected chi connectivity index (χ2v) is 4.41. The molecule has 1 aliphatic rings. The maximum absolute atomic E-state index is 11.6. The Kier molecular flexibility index (Phi) is 2.97. The summed E-state index contributed by atoms with van der Waals surface area (Å²) in [4.78, 5) is 11.6. The maximum atomic E-state index is 11.6. The number of nitrogens with zero attached hydrogens (tertiary/aromatic N) is 1. The SMILES string of the molecule is NC(Cn1ccccc1=O)c1ccc2c(c1)OCO2. The first kappa shape index (κ1) is 11.8. The van der Waals surface area contributed by atoms with Crippen LogP contribution in [0.5, 0.6) is 11.5 Å². The van der Waals surface area contributed by atoms with Crippen molar-refractivity contribution in [1.29, 1.82) is 0 Å². The zero-order valence-electron chi connectivity index (χ0n) is 10.3. The largest absolute Gasteiger partial charge is 0.454 e. The van der Waals surface area contributed by atoms with E-state index in [1.165, 1.54) is 6.07 Å². The molecule has 0 bridgehead atoms. The topological polar surface area (TPSA) is 66.5 Å². The van der Waals surface area contributed by atoms with Gasteiger partial charge in [0.05, 0.1) is 0 Å². The molecule has 0 fully saturated rings. The summed E-state index contributed by atoms with van der Waals surface area (Å²) in [5.41, 5.74) is 6.99. The zero-order chi connectivity index (χ0) is 13.2. The van der Waals surface area contributed by atoms with Crippen LogP contribution in [0.2, 0.25) is 0 Å². The first-order valence-corrected chi connectivity index (χ1v) is 6.04. The molecule has 1 unspecified atom stereocenters. The number of ether oxygens (including phenoxy) is 2. The standard InChI is InChI=1S/C14H14N2O3/c15-11(8-16-6-2-1-3-14(16)17)10-4-5-12-13(7-10)19-9-18-12/h1-7,11H,8-9,15H2. The van der Waals surface area contributed by atoms with Gasteiger partial charge in [-0.25, -0.2) is 0 Å². The summed E-state index contributed by atoms with van der Waals surface area (Å²) in [6.07, 6.45) is 1.73. The Morgan fingerprint density at radius 3 is 2.89 bits per heavy atom. The van der Waals surface area contributed by atoms with Crippen molar-refractivity contribution in [3.63, 3.8) is 0 Å². The number of nitrogens with two attached hydrogens (primary N) is 1. The summed E-state index contributed by atoms with van der Waals surface area (Å²) in [5.74, 6) is 1.43. The molecule has 0 amide bonds. The molecule has 1 aromatic heterocycles. The molecule has 19 heavy (non-hydrogen) atoms. The summed E-state index contributed by atoms with van der Waals surface area (Å²) in [6.45, 7) is 0.672. The second kappa shape index (κ2) is 4.78. The lowest BCUT2D eigenvalue weighted by Gasteiger charge is -2.14. The Bertz CT molecular complexity index is 651. The van der Waals surface area contributed by atoms with Gasteiger partial charge in [0, 0.05) is 24.8 Å². The molecule has 2 N–H and O–H groups in total. The highest BCUT2D eigenvalue weighted by atomic mass is 16.7. The van der Waals surface area contributed by atoms with Gasteiger partial charge in [-0.1, -0.05) is 12.1 Å². The monoisotopic (exact) mass is 258 g/mol. The average Bonchev–Trinajstić information content (AvgIpc) is 2.88. The molecule has 1 aromatic carbocycles. The van der Waals surface area contributed by atoms with Crippen molar-refractivity contribution in [2.45, 2.75) is 12.6 Å². The van der Waals surface area contributed by atoms with Gasteiger partial charge in [-0.05, 0) is 23.8 Å². The van der Waals surface area contributed by atoms with E-state index in [0.717, 1.165) is 11.3 Å². The molecule has 0 radical (unpaired) electrons. The van der Waals surface area contributed by atoms with Gasteiger partial charge in [0.2, 0.25) is 6.79 Å². The fraction of sp³-hybridized carbons (Fsp3) is 0.214. The molecule has 0 saturated heterocycles. The first-order chi connectivity index (χ1) is 9.24. The Balaban J connectivity index is 1.83. The number of fused-ring (bicyclic) bond motifs is 1. The van der Waals surface area contributed by atoms with Crippen LogP contribution in [-0.4, -0.2) is 11.4 Å². The molecule has 0 spiro atoms. The number of rotatable bonds is 3. The predicted molar refractivity (Wildman–Crippen MR) is 70.2 cm³/mol. The van der Waals surface area contributed by atoms with Gasteiger partial charge >= 0.3 is 0 Å². The summed E-state index contributed by atoms with van der Waals surface area (Å²) in [5, 5.41) is 0. The fourth-order valence-electron chi connectivity index (χ4n) is 2.07. The molecule has 0 aliphatic carbocycles. The molecular formula is C14H14N2O3. The third-order valence-electron chi connectivity index (χ3n) is 3.12. The van der Waals surface area contributed by atoms with Crippen LogP contribution in [0.4, 0.5) is 0 Å². The van der Waals surface area contributed by atoms with Crippen LogP contribution in [0.25, 0.3) is 0 Å². The van der Waals surface area contributed by atoms with E-state index in [9.17, 15) is 4.79 Å². The Morgan fingerprint density at radius 2 is 2.05 bits per heavy atom. The lowest BCUT2D eigenvalue weighted by Crippen LogP contribution is -2.25. The van der Waals surface area contributed by atoms with Gasteiger partial charge < -0.3 is 19.8 Å². The minimum absolute atomic E-state index is 0.0568. The third-order valence-corrected chi connectivity index (χ3v) is 3.12. The maximum Gasteiger partial charge on any atom is 0.250 e. The minimum Gasteiger partial charge on any atom is -0.454 e. The molecule has 5 nitrogen and oxygen atoms in total. The number of hydrogen-bond acceptors (Lipinski definition) is 4. The second-order valence-electron chi connectivity index (χ2n) is 4.41. The summed E-state index contributed by atoms with van der Waals surface area (Å²) in [6, 6.07) is 10.4. The Hall–Kier alpha value is -2.27. The van der Waals surface area contributed by atoms with Crippen LogP contribution >= 0.6 is 0 Å². The van der Waals surface area contributed by atoms with Gasteiger partial charge in [-0.15, -0.1) is 0 Å². The lowest BCUT2D eigenvalue weighted by atomic mass is 10.1. The number of hydrogen-bond donors (Lipinski definition) is 1. The number of pyridine rings is 1. The van der Waals surface area contributed by atoms with E-state index in [0.29, 0.717) is 12.3 Å². The van der Waals surface area contributed by atoms with Gasteiger partial charge in [0.15, 0.2) is 11.5 Å².